The third-order valence-corrected chi connectivity index (χ3v) is 3.69. The van der Waals surface area contributed by atoms with Crippen molar-refractivity contribution < 1.29 is 14.7 Å². The Morgan fingerprint density at radius 1 is 1.29 bits per heavy atom. The lowest BCUT2D eigenvalue weighted by Gasteiger charge is -2.21. The normalized spacial score (nSPS) is 15.4. The first kappa shape index (κ1) is 17.5. The van der Waals surface area contributed by atoms with E-state index in [0.29, 0.717) is 6.54 Å². The van der Waals surface area contributed by atoms with Crippen LogP contribution in [-0.2, 0) is 22.6 Å². The van der Waals surface area contributed by atoms with Crippen LogP contribution >= 0.6 is 12.4 Å². The van der Waals surface area contributed by atoms with Crippen molar-refractivity contribution in [2.45, 2.75) is 38.3 Å². The topological polar surface area (TPSA) is 83.6 Å². The van der Waals surface area contributed by atoms with E-state index in [0.717, 1.165) is 19.4 Å². The van der Waals surface area contributed by atoms with E-state index in [2.05, 4.69) is 6.07 Å². The Hall–Kier alpha value is -1.59. The number of fused-ring (bicyclic) bond motifs is 1. The molecular formula is C15H21ClN2O3. The van der Waals surface area contributed by atoms with E-state index in [9.17, 15) is 9.59 Å². The van der Waals surface area contributed by atoms with Crippen LogP contribution in [0.15, 0.2) is 24.3 Å². The molecule has 0 radical (unpaired) electrons. The van der Waals surface area contributed by atoms with Gasteiger partial charge < -0.3 is 15.7 Å². The molecule has 1 atom stereocenters. The lowest BCUT2D eigenvalue weighted by atomic mass is 10.0. The van der Waals surface area contributed by atoms with Crippen molar-refractivity contribution in [2.24, 2.45) is 5.73 Å². The van der Waals surface area contributed by atoms with Crippen LogP contribution in [0.3, 0.4) is 0 Å². The van der Waals surface area contributed by atoms with Crippen LogP contribution in [0.25, 0.3) is 0 Å². The summed E-state index contributed by atoms with van der Waals surface area (Å²) in [7, 11) is 0. The molecule has 2 rings (SSSR count). The molecule has 21 heavy (non-hydrogen) atoms. The van der Waals surface area contributed by atoms with Crippen LogP contribution in [0, 0.1) is 0 Å². The Morgan fingerprint density at radius 3 is 2.62 bits per heavy atom. The number of carboxylic acids is 1. The average Bonchev–Trinajstić information content (AvgIpc) is 2.66. The second-order valence-electron chi connectivity index (χ2n) is 5.17. The molecule has 116 valence electrons. The van der Waals surface area contributed by atoms with Gasteiger partial charge in [-0.2, -0.15) is 0 Å². The molecule has 0 saturated heterocycles. The second-order valence-corrected chi connectivity index (χ2v) is 5.17. The highest BCUT2D eigenvalue weighted by atomic mass is 35.5. The van der Waals surface area contributed by atoms with Crippen molar-refractivity contribution in [3.63, 3.8) is 0 Å². The molecule has 1 aromatic rings. The molecule has 1 aromatic carbocycles. The summed E-state index contributed by atoms with van der Waals surface area (Å²) < 4.78 is 0. The molecule has 1 aliphatic heterocycles. The van der Waals surface area contributed by atoms with Crippen molar-refractivity contribution in [1.29, 1.82) is 0 Å². The predicted octanol–water partition coefficient (Wildman–Crippen LogP) is 1.58. The van der Waals surface area contributed by atoms with Gasteiger partial charge in [0.2, 0.25) is 5.91 Å². The van der Waals surface area contributed by atoms with Gasteiger partial charge in [0.05, 0.1) is 0 Å². The Kier molecular flexibility index (Phi) is 6.65. The lowest BCUT2D eigenvalue weighted by Crippen LogP contribution is -2.35. The molecule has 0 saturated carbocycles. The minimum Gasteiger partial charge on any atom is -0.480 e. The smallest absolute Gasteiger partial charge is 0.320 e. The minimum absolute atomic E-state index is 0. The van der Waals surface area contributed by atoms with Gasteiger partial charge in [-0.1, -0.05) is 24.3 Å². The van der Waals surface area contributed by atoms with Gasteiger partial charge in [-0.3, -0.25) is 9.59 Å². The molecular weight excluding hydrogens is 292 g/mol. The fourth-order valence-electron chi connectivity index (χ4n) is 2.47. The van der Waals surface area contributed by atoms with Crippen LogP contribution in [-0.4, -0.2) is 34.5 Å². The molecule has 0 unspecified atom stereocenters. The maximum Gasteiger partial charge on any atom is 0.320 e. The second kappa shape index (κ2) is 8.00. The quantitative estimate of drug-likeness (QED) is 0.884. The number of hydrogen-bond donors (Lipinski definition) is 2. The standard InChI is InChI=1S/C15H20N2O3.ClH/c16-13(15(19)20)7-8-14(18)17-9-3-6-11-4-1-2-5-12(11)10-17;/h1-2,4-5,13H,3,6-10,16H2,(H,19,20);1H/t13-;/m0./s1. The van der Waals surface area contributed by atoms with Gasteiger partial charge in [0.15, 0.2) is 0 Å². The van der Waals surface area contributed by atoms with Crippen molar-refractivity contribution in [3.05, 3.63) is 35.4 Å². The van der Waals surface area contributed by atoms with Crippen molar-refractivity contribution >= 4 is 24.3 Å². The number of hydrogen-bond acceptors (Lipinski definition) is 3. The summed E-state index contributed by atoms with van der Waals surface area (Å²) in [5.41, 5.74) is 7.91. The van der Waals surface area contributed by atoms with Crippen LogP contribution in [0.2, 0.25) is 0 Å². The van der Waals surface area contributed by atoms with Gasteiger partial charge in [-0.15, -0.1) is 12.4 Å². The van der Waals surface area contributed by atoms with Gasteiger partial charge in [-0.25, -0.2) is 0 Å². The molecule has 6 heteroatoms. The summed E-state index contributed by atoms with van der Waals surface area (Å²) >= 11 is 0. The monoisotopic (exact) mass is 312 g/mol. The molecule has 1 aliphatic rings. The summed E-state index contributed by atoms with van der Waals surface area (Å²) in [6.45, 7) is 1.33. The minimum atomic E-state index is -1.06. The van der Waals surface area contributed by atoms with Crippen LogP contribution < -0.4 is 5.73 Å². The summed E-state index contributed by atoms with van der Waals surface area (Å²) in [5.74, 6) is -1.07. The van der Waals surface area contributed by atoms with Crippen molar-refractivity contribution in [3.8, 4) is 0 Å². The highest BCUT2D eigenvalue weighted by Gasteiger charge is 2.20. The SMILES string of the molecule is Cl.N[C@@H](CCC(=O)N1CCCc2ccccc2C1)C(=O)O. The average molecular weight is 313 g/mol. The summed E-state index contributed by atoms with van der Waals surface area (Å²) in [4.78, 5) is 24.6. The number of halogens is 1. The molecule has 0 bridgehead atoms. The molecule has 5 nitrogen and oxygen atoms in total. The van der Waals surface area contributed by atoms with Crippen LogP contribution in [0.5, 0.6) is 0 Å². The zero-order chi connectivity index (χ0) is 14.5. The molecule has 0 fully saturated rings. The highest BCUT2D eigenvalue weighted by molar-refractivity contribution is 5.85. The first-order chi connectivity index (χ1) is 9.58. The fraction of sp³-hybridized carbons (Fsp3) is 0.467. The third kappa shape index (κ3) is 4.72. The zero-order valence-electron chi connectivity index (χ0n) is 11.8. The number of amides is 1. The summed E-state index contributed by atoms with van der Waals surface area (Å²) in [6.07, 6.45) is 2.30. The number of nitrogens with two attached hydrogens (primary N) is 1. The number of carbonyl (C=O) groups is 2. The largest absolute Gasteiger partial charge is 0.480 e. The van der Waals surface area contributed by atoms with Gasteiger partial charge in [0, 0.05) is 19.5 Å². The number of carboxylic acid groups (broad SMARTS) is 1. The van der Waals surface area contributed by atoms with Crippen molar-refractivity contribution in [2.75, 3.05) is 6.54 Å². The first-order valence-electron chi connectivity index (χ1n) is 6.91. The van der Waals surface area contributed by atoms with E-state index < -0.39 is 12.0 Å². The Bertz CT molecular complexity index is 507. The zero-order valence-corrected chi connectivity index (χ0v) is 12.6. The fourth-order valence-corrected chi connectivity index (χ4v) is 2.47. The first-order valence-corrected chi connectivity index (χ1v) is 6.91. The molecule has 0 aliphatic carbocycles. The molecule has 0 aromatic heterocycles. The molecule has 3 N–H and O–H groups in total. The van der Waals surface area contributed by atoms with E-state index >= 15 is 0 Å². The number of nitrogens with zero attached hydrogens (tertiary/aromatic N) is 1. The highest BCUT2D eigenvalue weighted by Crippen LogP contribution is 2.19. The van der Waals surface area contributed by atoms with Gasteiger partial charge >= 0.3 is 5.97 Å². The Morgan fingerprint density at radius 2 is 1.95 bits per heavy atom. The third-order valence-electron chi connectivity index (χ3n) is 3.69. The van der Waals surface area contributed by atoms with E-state index in [1.165, 1.54) is 11.1 Å². The van der Waals surface area contributed by atoms with E-state index in [1.807, 2.05) is 18.2 Å². The van der Waals surface area contributed by atoms with E-state index in [-0.39, 0.29) is 31.2 Å². The number of aryl methyl sites for hydroxylation is 1. The molecule has 1 heterocycles. The van der Waals surface area contributed by atoms with Gasteiger partial charge in [-0.05, 0) is 30.4 Å². The van der Waals surface area contributed by atoms with E-state index in [4.69, 9.17) is 10.8 Å². The number of carbonyl (C=O) groups excluding carboxylic acids is 1. The number of benzene rings is 1. The van der Waals surface area contributed by atoms with Crippen LogP contribution in [0.4, 0.5) is 0 Å². The van der Waals surface area contributed by atoms with Gasteiger partial charge in [0.25, 0.3) is 0 Å². The summed E-state index contributed by atoms with van der Waals surface area (Å²) in [6, 6.07) is 7.18. The molecule has 0 spiro atoms. The van der Waals surface area contributed by atoms with Gasteiger partial charge in [0.1, 0.15) is 6.04 Å². The Labute approximate surface area is 130 Å². The number of aliphatic carboxylic acids is 1. The predicted molar refractivity (Wildman–Crippen MR) is 82.3 cm³/mol. The Balaban J connectivity index is 0.00000220. The van der Waals surface area contributed by atoms with E-state index in [1.54, 1.807) is 4.90 Å². The molecule has 1 amide bonds. The lowest BCUT2D eigenvalue weighted by molar-refractivity contribution is -0.139. The number of rotatable bonds is 4. The maximum absolute atomic E-state index is 12.2. The van der Waals surface area contributed by atoms with Crippen LogP contribution in [0.1, 0.15) is 30.4 Å². The van der Waals surface area contributed by atoms with Crippen molar-refractivity contribution in [1.82, 2.24) is 4.90 Å². The maximum atomic E-state index is 12.2. The summed E-state index contributed by atoms with van der Waals surface area (Å²) in [5, 5.41) is 8.73.